The van der Waals surface area contributed by atoms with E-state index in [0.717, 1.165) is 36.7 Å². The molecule has 0 saturated carbocycles. The van der Waals surface area contributed by atoms with Crippen molar-refractivity contribution >= 4 is 5.82 Å². The van der Waals surface area contributed by atoms with Gasteiger partial charge in [0.2, 0.25) is 5.89 Å². The van der Waals surface area contributed by atoms with Crippen LogP contribution in [0.2, 0.25) is 0 Å². The lowest BCUT2D eigenvalue weighted by molar-refractivity contribution is 0.383. The molecule has 0 radical (unpaired) electrons. The lowest BCUT2D eigenvalue weighted by atomic mass is 10.2. The number of nitrogens with zero attached hydrogens (tertiary/aromatic N) is 5. The Morgan fingerprint density at radius 2 is 2.22 bits per heavy atom. The van der Waals surface area contributed by atoms with Gasteiger partial charge in [0.05, 0.1) is 6.04 Å². The van der Waals surface area contributed by atoms with E-state index in [1.54, 1.807) is 6.33 Å². The Morgan fingerprint density at radius 1 is 1.33 bits per heavy atom. The van der Waals surface area contributed by atoms with Gasteiger partial charge in [0.1, 0.15) is 12.1 Å². The van der Waals surface area contributed by atoms with Crippen LogP contribution in [0.25, 0.3) is 0 Å². The van der Waals surface area contributed by atoms with Gasteiger partial charge in [-0.3, -0.25) is 0 Å². The number of aryl methyl sites for hydroxylation is 2. The van der Waals surface area contributed by atoms with Gasteiger partial charge in [-0.25, -0.2) is 9.97 Å². The summed E-state index contributed by atoms with van der Waals surface area (Å²) in [4.78, 5) is 15.0. The Bertz CT molecular complexity index is 553. The van der Waals surface area contributed by atoms with Crippen LogP contribution in [0, 0.1) is 13.8 Å². The zero-order valence-electron chi connectivity index (χ0n) is 10.5. The smallest absolute Gasteiger partial charge is 0.223 e. The van der Waals surface area contributed by atoms with Crippen LogP contribution in [0.15, 0.2) is 16.9 Å². The van der Waals surface area contributed by atoms with E-state index in [4.69, 9.17) is 4.52 Å². The second kappa shape index (κ2) is 4.36. The van der Waals surface area contributed by atoms with E-state index in [1.165, 1.54) is 0 Å². The molecule has 0 aliphatic carbocycles. The number of rotatable bonds is 2. The molecular weight excluding hydrogens is 230 g/mol. The van der Waals surface area contributed by atoms with Crippen molar-refractivity contribution in [1.29, 1.82) is 0 Å². The van der Waals surface area contributed by atoms with Gasteiger partial charge in [0.15, 0.2) is 5.82 Å². The summed E-state index contributed by atoms with van der Waals surface area (Å²) in [5.41, 5.74) is 0.968. The second-order valence-corrected chi connectivity index (χ2v) is 4.54. The first-order valence-electron chi connectivity index (χ1n) is 6.09. The van der Waals surface area contributed by atoms with Gasteiger partial charge in [-0.1, -0.05) is 5.16 Å². The van der Waals surface area contributed by atoms with Crippen molar-refractivity contribution < 1.29 is 4.52 Å². The topological polar surface area (TPSA) is 67.9 Å². The largest absolute Gasteiger partial charge is 0.346 e. The van der Waals surface area contributed by atoms with Crippen LogP contribution in [0.4, 0.5) is 5.82 Å². The number of hydrogen-bond donors (Lipinski definition) is 0. The molecule has 0 unspecified atom stereocenters. The van der Waals surface area contributed by atoms with Crippen LogP contribution >= 0.6 is 0 Å². The molecule has 2 aromatic heterocycles. The van der Waals surface area contributed by atoms with Crippen molar-refractivity contribution in [2.24, 2.45) is 0 Å². The first kappa shape index (κ1) is 11.1. The molecule has 2 aromatic rings. The van der Waals surface area contributed by atoms with Gasteiger partial charge in [-0.2, -0.15) is 4.98 Å². The lowest BCUT2D eigenvalue weighted by Crippen LogP contribution is -2.24. The van der Waals surface area contributed by atoms with Crippen molar-refractivity contribution in [2.75, 3.05) is 11.4 Å². The summed E-state index contributed by atoms with van der Waals surface area (Å²) >= 11 is 0. The predicted octanol–water partition coefficient (Wildman–Crippen LogP) is 1.82. The molecule has 1 fully saturated rings. The molecular formula is C12H15N5O. The molecule has 3 rings (SSSR count). The van der Waals surface area contributed by atoms with Crippen molar-refractivity contribution in [3.05, 3.63) is 29.8 Å². The van der Waals surface area contributed by atoms with E-state index < -0.39 is 0 Å². The molecule has 0 amide bonds. The van der Waals surface area contributed by atoms with Crippen LogP contribution in [-0.4, -0.2) is 26.7 Å². The van der Waals surface area contributed by atoms with Crippen molar-refractivity contribution in [3.8, 4) is 0 Å². The normalized spacial score (nSPS) is 19.4. The molecule has 1 atom stereocenters. The lowest BCUT2D eigenvalue weighted by Gasteiger charge is -2.23. The molecule has 94 valence electrons. The third-order valence-electron chi connectivity index (χ3n) is 3.18. The minimum atomic E-state index is 0.164. The molecule has 0 bridgehead atoms. The number of anilines is 1. The van der Waals surface area contributed by atoms with Crippen molar-refractivity contribution in [1.82, 2.24) is 20.1 Å². The standard InChI is InChI=1S/C12H15N5O/c1-8-6-11(14-7-13-8)17-5-3-4-10(17)12-15-9(2)18-16-12/h6-7,10H,3-5H2,1-2H3/t10-/m1/s1. The summed E-state index contributed by atoms with van der Waals surface area (Å²) in [7, 11) is 0. The molecule has 18 heavy (non-hydrogen) atoms. The molecule has 0 spiro atoms. The Labute approximate surface area is 105 Å². The predicted molar refractivity (Wildman–Crippen MR) is 65.1 cm³/mol. The van der Waals surface area contributed by atoms with Crippen LogP contribution < -0.4 is 4.90 Å². The summed E-state index contributed by atoms with van der Waals surface area (Å²) in [5, 5.41) is 4.02. The fourth-order valence-electron chi connectivity index (χ4n) is 2.36. The van der Waals surface area contributed by atoms with Crippen LogP contribution in [0.5, 0.6) is 0 Å². The summed E-state index contributed by atoms with van der Waals surface area (Å²) in [6.45, 7) is 4.74. The van der Waals surface area contributed by atoms with Crippen LogP contribution in [0.3, 0.4) is 0 Å². The highest BCUT2D eigenvalue weighted by Crippen LogP contribution is 2.33. The quantitative estimate of drug-likeness (QED) is 0.803. The zero-order chi connectivity index (χ0) is 12.5. The van der Waals surface area contributed by atoms with Gasteiger partial charge in [-0.15, -0.1) is 0 Å². The maximum Gasteiger partial charge on any atom is 0.223 e. The number of hydrogen-bond acceptors (Lipinski definition) is 6. The average Bonchev–Trinajstić information content (AvgIpc) is 2.96. The highest BCUT2D eigenvalue weighted by atomic mass is 16.5. The molecule has 1 aliphatic heterocycles. The van der Waals surface area contributed by atoms with E-state index in [2.05, 4.69) is 25.0 Å². The summed E-state index contributed by atoms with van der Waals surface area (Å²) in [5.74, 6) is 2.30. The van der Waals surface area contributed by atoms with E-state index in [1.807, 2.05) is 19.9 Å². The van der Waals surface area contributed by atoms with Gasteiger partial charge >= 0.3 is 0 Å². The highest BCUT2D eigenvalue weighted by molar-refractivity contribution is 5.42. The molecule has 6 nitrogen and oxygen atoms in total. The van der Waals surface area contributed by atoms with Gasteiger partial charge < -0.3 is 9.42 Å². The second-order valence-electron chi connectivity index (χ2n) is 4.54. The maximum atomic E-state index is 5.06. The first-order chi connectivity index (χ1) is 8.74. The third kappa shape index (κ3) is 1.94. The van der Waals surface area contributed by atoms with Gasteiger partial charge in [-0.05, 0) is 19.8 Å². The average molecular weight is 245 g/mol. The molecule has 6 heteroatoms. The maximum absolute atomic E-state index is 5.06. The van der Waals surface area contributed by atoms with E-state index in [-0.39, 0.29) is 6.04 Å². The fraction of sp³-hybridized carbons (Fsp3) is 0.500. The van der Waals surface area contributed by atoms with Crippen LogP contribution in [0.1, 0.15) is 36.3 Å². The molecule has 0 aromatic carbocycles. The third-order valence-corrected chi connectivity index (χ3v) is 3.18. The summed E-state index contributed by atoms with van der Waals surface area (Å²) < 4.78 is 5.06. The zero-order valence-corrected chi connectivity index (χ0v) is 10.5. The Hall–Kier alpha value is -1.98. The van der Waals surface area contributed by atoms with E-state index >= 15 is 0 Å². The molecule has 1 aliphatic rings. The monoisotopic (exact) mass is 245 g/mol. The highest BCUT2D eigenvalue weighted by Gasteiger charge is 2.30. The van der Waals surface area contributed by atoms with E-state index in [0.29, 0.717) is 5.89 Å². The summed E-state index contributed by atoms with van der Waals surface area (Å²) in [6.07, 6.45) is 3.74. The SMILES string of the molecule is Cc1cc(N2CCC[C@@H]2c2noc(C)n2)ncn1. The Morgan fingerprint density at radius 3 is 2.94 bits per heavy atom. The Balaban J connectivity index is 1.92. The van der Waals surface area contributed by atoms with Crippen LogP contribution in [-0.2, 0) is 0 Å². The first-order valence-corrected chi connectivity index (χ1v) is 6.09. The summed E-state index contributed by atoms with van der Waals surface area (Å²) in [6, 6.07) is 2.15. The van der Waals surface area contributed by atoms with E-state index in [9.17, 15) is 0 Å². The molecule has 3 heterocycles. The minimum Gasteiger partial charge on any atom is -0.346 e. The fourth-order valence-corrected chi connectivity index (χ4v) is 2.36. The molecule has 0 N–H and O–H groups in total. The molecule has 1 saturated heterocycles. The number of aromatic nitrogens is 4. The van der Waals surface area contributed by atoms with Gasteiger partial charge in [0, 0.05) is 25.2 Å². The minimum absolute atomic E-state index is 0.164. The van der Waals surface area contributed by atoms with Gasteiger partial charge in [0.25, 0.3) is 0 Å². The van der Waals surface area contributed by atoms with Crippen molar-refractivity contribution in [2.45, 2.75) is 32.7 Å². The Kier molecular flexibility index (Phi) is 2.70. The van der Waals surface area contributed by atoms with Crippen molar-refractivity contribution in [3.63, 3.8) is 0 Å².